The first kappa shape index (κ1) is 12.9. The van der Waals surface area contributed by atoms with E-state index in [4.69, 9.17) is 24.7 Å². The van der Waals surface area contributed by atoms with Gasteiger partial charge in [0.2, 0.25) is 0 Å². The maximum atomic E-state index is 5.58. The second kappa shape index (κ2) is 9.06. The van der Waals surface area contributed by atoms with E-state index in [0.717, 1.165) is 6.42 Å². The van der Waals surface area contributed by atoms with E-state index in [2.05, 4.69) is 0 Å². The molecule has 0 radical (unpaired) electrons. The van der Waals surface area contributed by atoms with Crippen LogP contribution in [0.2, 0.25) is 0 Å². The predicted octanol–water partition coefficient (Wildman–Crippen LogP) is -0.216. The van der Waals surface area contributed by atoms with Gasteiger partial charge in [0.25, 0.3) is 0 Å². The Balaban J connectivity index is 2.19. The van der Waals surface area contributed by atoms with Crippen molar-refractivity contribution in [2.24, 2.45) is 5.73 Å². The number of nitrogens with two attached hydrogens (primary N) is 1. The van der Waals surface area contributed by atoms with Crippen LogP contribution in [0.15, 0.2) is 0 Å². The molecule has 0 bridgehead atoms. The zero-order valence-electron chi connectivity index (χ0n) is 9.15. The van der Waals surface area contributed by atoms with E-state index in [1.54, 1.807) is 0 Å². The van der Waals surface area contributed by atoms with Gasteiger partial charge >= 0.3 is 0 Å². The average molecular weight is 219 g/mol. The van der Waals surface area contributed by atoms with Crippen LogP contribution >= 0.6 is 0 Å². The maximum absolute atomic E-state index is 5.58. The van der Waals surface area contributed by atoms with Crippen LogP contribution < -0.4 is 5.73 Å². The fourth-order valence-corrected chi connectivity index (χ4v) is 1.33. The minimum absolute atomic E-state index is 0.0815. The van der Waals surface area contributed by atoms with Gasteiger partial charge in [0.1, 0.15) is 0 Å². The summed E-state index contributed by atoms with van der Waals surface area (Å²) < 4.78 is 21.6. The zero-order valence-corrected chi connectivity index (χ0v) is 9.15. The van der Waals surface area contributed by atoms with Crippen molar-refractivity contribution in [3.05, 3.63) is 0 Å². The smallest absolute Gasteiger partial charge is 0.0821 e. The largest absolute Gasteiger partial charge is 0.377 e. The van der Waals surface area contributed by atoms with Crippen molar-refractivity contribution < 1.29 is 18.9 Å². The highest BCUT2D eigenvalue weighted by molar-refractivity contribution is 4.58. The Labute approximate surface area is 90.8 Å². The second-order valence-corrected chi connectivity index (χ2v) is 3.37. The van der Waals surface area contributed by atoms with Gasteiger partial charge in [0.05, 0.1) is 52.4 Å². The second-order valence-electron chi connectivity index (χ2n) is 3.37. The van der Waals surface area contributed by atoms with Crippen molar-refractivity contribution in [1.82, 2.24) is 0 Å². The molecule has 1 aliphatic rings. The summed E-state index contributed by atoms with van der Waals surface area (Å²) in [6.45, 7) is 4.84. The van der Waals surface area contributed by atoms with Gasteiger partial charge in [-0.2, -0.15) is 0 Å². The lowest BCUT2D eigenvalue weighted by atomic mass is 10.2. The van der Waals surface area contributed by atoms with E-state index in [-0.39, 0.29) is 6.10 Å². The number of rotatable bonds is 2. The highest BCUT2D eigenvalue weighted by Crippen LogP contribution is 1.99. The first-order chi connectivity index (χ1) is 7.43. The van der Waals surface area contributed by atoms with Gasteiger partial charge in [-0.1, -0.05) is 0 Å². The standard InChI is InChI=1S/C10H21NO4/c11-2-1-10-9-14-6-5-12-3-4-13-7-8-15-10/h10H,1-9,11H2. The molecule has 2 N–H and O–H groups in total. The van der Waals surface area contributed by atoms with Crippen molar-refractivity contribution >= 4 is 0 Å². The molecule has 90 valence electrons. The van der Waals surface area contributed by atoms with Gasteiger partial charge in [0, 0.05) is 0 Å². The molecule has 5 nitrogen and oxygen atoms in total. The van der Waals surface area contributed by atoms with Crippen molar-refractivity contribution in [2.45, 2.75) is 12.5 Å². The summed E-state index contributed by atoms with van der Waals surface area (Å²) in [6.07, 6.45) is 0.902. The van der Waals surface area contributed by atoms with Crippen LogP contribution in [0.5, 0.6) is 0 Å². The molecule has 15 heavy (non-hydrogen) atoms. The Bertz CT molecular complexity index is 133. The molecular formula is C10H21NO4. The van der Waals surface area contributed by atoms with E-state index in [0.29, 0.717) is 52.8 Å². The summed E-state index contributed by atoms with van der Waals surface area (Å²) in [5.41, 5.74) is 5.48. The van der Waals surface area contributed by atoms with E-state index in [1.807, 2.05) is 0 Å². The summed E-state index contributed by atoms with van der Waals surface area (Å²) in [7, 11) is 0. The molecule has 1 rings (SSSR count). The third kappa shape index (κ3) is 6.81. The third-order valence-corrected chi connectivity index (χ3v) is 2.12. The topological polar surface area (TPSA) is 62.9 Å². The first-order valence-corrected chi connectivity index (χ1v) is 5.48. The fraction of sp³-hybridized carbons (Fsp3) is 1.00. The fourth-order valence-electron chi connectivity index (χ4n) is 1.33. The van der Waals surface area contributed by atoms with Crippen molar-refractivity contribution in [3.63, 3.8) is 0 Å². The molecule has 1 atom stereocenters. The van der Waals surface area contributed by atoms with Crippen molar-refractivity contribution in [2.75, 3.05) is 52.8 Å². The van der Waals surface area contributed by atoms with Crippen LogP contribution in [-0.2, 0) is 18.9 Å². The molecule has 1 aliphatic heterocycles. The third-order valence-electron chi connectivity index (χ3n) is 2.12. The Kier molecular flexibility index (Phi) is 7.77. The van der Waals surface area contributed by atoms with Crippen molar-refractivity contribution in [3.8, 4) is 0 Å². The first-order valence-electron chi connectivity index (χ1n) is 5.48. The molecule has 5 heteroatoms. The summed E-state index contributed by atoms with van der Waals surface area (Å²) in [5.74, 6) is 0. The van der Waals surface area contributed by atoms with Crippen LogP contribution in [0.3, 0.4) is 0 Å². The number of ether oxygens (including phenoxy) is 4. The SMILES string of the molecule is NCCC1COCCOCCOCCO1. The van der Waals surface area contributed by atoms with Crippen LogP contribution in [0.4, 0.5) is 0 Å². The van der Waals surface area contributed by atoms with Gasteiger partial charge in [0.15, 0.2) is 0 Å². The molecule has 1 fully saturated rings. The van der Waals surface area contributed by atoms with Crippen LogP contribution in [0.25, 0.3) is 0 Å². The number of hydrogen-bond acceptors (Lipinski definition) is 5. The molecule has 0 aromatic carbocycles. The molecule has 1 saturated heterocycles. The van der Waals surface area contributed by atoms with Crippen LogP contribution in [0.1, 0.15) is 6.42 Å². The summed E-state index contributed by atoms with van der Waals surface area (Å²) in [4.78, 5) is 0. The molecule has 1 unspecified atom stereocenters. The Morgan fingerprint density at radius 1 is 0.867 bits per heavy atom. The number of hydrogen-bond donors (Lipinski definition) is 1. The highest BCUT2D eigenvalue weighted by atomic mass is 16.6. The predicted molar refractivity (Wildman–Crippen MR) is 55.9 cm³/mol. The van der Waals surface area contributed by atoms with E-state index in [9.17, 15) is 0 Å². The highest BCUT2D eigenvalue weighted by Gasteiger charge is 2.08. The molecule has 0 spiro atoms. The normalized spacial score (nSPS) is 26.6. The summed E-state index contributed by atoms with van der Waals surface area (Å²) >= 11 is 0. The molecule has 0 amide bonds. The lowest BCUT2D eigenvalue weighted by Gasteiger charge is -2.18. The molecule has 0 aliphatic carbocycles. The van der Waals surface area contributed by atoms with Gasteiger partial charge in [-0.25, -0.2) is 0 Å². The van der Waals surface area contributed by atoms with Gasteiger partial charge in [-0.3, -0.25) is 0 Å². The van der Waals surface area contributed by atoms with E-state index in [1.165, 1.54) is 0 Å². The molecule has 0 aromatic heterocycles. The lowest BCUT2D eigenvalue weighted by Crippen LogP contribution is -2.27. The van der Waals surface area contributed by atoms with Crippen molar-refractivity contribution in [1.29, 1.82) is 0 Å². The maximum Gasteiger partial charge on any atom is 0.0821 e. The van der Waals surface area contributed by atoms with Crippen LogP contribution in [-0.4, -0.2) is 58.9 Å². The van der Waals surface area contributed by atoms with Crippen LogP contribution in [0, 0.1) is 0 Å². The molecule has 0 aromatic rings. The average Bonchev–Trinajstić information content (AvgIpc) is 2.22. The lowest BCUT2D eigenvalue weighted by molar-refractivity contribution is -0.0677. The summed E-state index contributed by atoms with van der Waals surface area (Å²) in [5, 5.41) is 0. The summed E-state index contributed by atoms with van der Waals surface area (Å²) in [6, 6.07) is 0. The van der Waals surface area contributed by atoms with Gasteiger partial charge in [-0.15, -0.1) is 0 Å². The quantitative estimate of drug-likeness (QED) is 0.696. The Morgan fingerprint density at radius 2 is 1.47 bits per heavy atom. The van der Waals surface area contributed by atoms with Gasteiger partial charge in [-0.05, 0) is 13.0 Å². The van der Waals surface area contributed by atoms with E-state index >= 15 is 0 Å². The molecule has 1 heterocycles. The Hall–Kier alpha value is -0.200. The molecule has 0 saturated carbocycles. The van der Waals surface area contributed by atoms with Gasteiger partial charge < -0.3 is 24.7 Å². The Morgan fingerprint density at radius 3 is 2.13 bits per heavy atom. The minimum Gasteiger partial charge on any atom is -0.377 e. The minimum atomic E-state index is 0.0815. The molecular weight excluding hydrogens is 198 g/mol. The monoisotopic (exact) mass is 219 g/mol. The zero-order chi connectivity index (χ0) is 10.8. The van der Waals surface area contributed by atoms with E-state index < -0.39 is 0 Å².